The van der Waals surface area contributed by atoms with Gasteiger partial charge in [0.2, 0.25) is 5.91 Å². The highest BCUT2D eigenvalue weighted by atomic mass is 35.5. The van der Waals surface area contributed by atoms with Crippen LogP contribution in [0.3, 0.4) is 0 Å². The zero-order valence-corrected chi connectivity index (χ0v) is 21.3. The van der Waals surface area contributed by atoms with Gasteiger partial charge in [-0.3, -0.25) is 19.6 Å². The lowest BCUT2D eigenvalue weighted by Gasteiger charge is -2.29. The molecule has 2 aromatic carbocycles. The molecule has 0 saturated carbocycles. The van der Waals surface area contributed by atoms with Crippen molar-refractivity contribution in [1.29, 1.82) is 0 Å². The highest BCUT2D eigenvalue weighted by Crippen LogP contribution is 2.24. The summed E-state index contributed by atoms with van der Waals surface area (Å²) in [6.45, 7) is 0.213. The standard InChI is InChI=1S/C22H23Cl4N5O4/c23-14-5-3-12(8-16(14)25)11-30-31(18(21(34)35)2-1-7-29-22(27)28)20(33)10-19(32)13-4-6-15(24)17(26)9-13/h3-6,8-9,18,30H,1-2,7,10-11H2,(H,34,35)(H4,27,28,29)/t18-/m0/s1. The van der Waals surface area contributed by atoms with Crippen LogP contribution in [0.25, 0.3) is 0 Å². The van der Waals surface area contributed by atoms with Crippen molar-refractivity contribution in [2.24, 2.45) is 16.5 Å². The Labute approximate surface area is 221 Å². The fraction of sp³-hybridized carbons (Fsp3) is 0.273. The summed E-state index contributed by atoms with van der Waals surface area (Å²) in [4.78, 5) is 41.7. The molecule has 0 saturated heterocycles. The lowest BCUT2D eigenvalue weighted by Crippen LogP contribution is -2.53. The number of ketones is 1. The van der Waals surface area contributed by atoms with Crippen molar-refractivity contribution in [1.82, 2.24) is 10.4 Å². The molecule has 1 atom stereocenters. The van der Waals surface area contributed by atoms with E-state index < -0.39 is 30.1 Å². The molecule has 0 aliphatic heterocycles. The van der Waals surface area contributed by atoms with E-state index in [9.17, 15) is 19.5 Å². The number of carboxylic acids is 1. The maximum atomic E-state index is 13.1. The third-order valence-corrected chi connectivity index (χ3v) is 6.26. The van der Waals surface area contributed by atoms with E-state index in [-0.39, 0.29) is 47.5 Å². The molecule has 0 heterocycles. The zero-order valence-electron chi connectivity index (χ0n) is 18.3. The van der Waals surface area contributed by atoms with Gasteiger partial charge in [-0.15, -0.1) is 0 Å². The minimum atomic E-state index is -1.30. The van der Waals surface area contributed by atoms with Crippen LogP contribution in [-0.2, 0) is 16.1 Å². The summed E-state index contributed by atoms with van der Waals surface area (Å²) >= 11 is 23.8. The quantitative estimate of drug-likeness (QED) is 0.0764. The number of carbonyl (C=O) groups excluding carboxylic acids is 2. The van der Waals surface area contributed by atoms with Gasteiger partial charge in [0.15, 0.2) is 11.7 Å². The molecule has 0 radical (unpaired) electrons. The van der Waals surface area contributed by atoms with Crippen LogP contribution in [0.1, 0.15) is 35.2 Å². The first-order chi connectivity index (χ1) is 16.5. The summed E-state index contributed by atoms with van der Waals surface area (Å²) < 4.78 is 0. The number of halogens is 4. The minimum Gasteiger partial charge on any atom is -0.480 e. The molecule has 0 spiro atoms. The number of carboxylic acid groups (broad SMARTS) is 1. The van der Waals surface area contributed by atoms with Crippen molar-refractivity contribution in [3.63, 3.8) is 0 Å². The second-order valence-corrected chi connectivity index (χ2v) is 9.01. The van der Waals surface area contributed by atoms with Gasteiger partial charge in [0.1, 0.15) is 6.04 Å². The predicted octanol–water partition coefficient (Wildman–Crippen LogP) is 3.91. The molecule has 0 aliphatic rings. The summed E-state index contributed by atoms with van der Waals surface area (Å²) in [7, 11) is 0. The van der Waals surface area contributed by atoms with Gasteiger partial charge in [-0.05, 0) is 48.7 Å². The third-order valence-electron chi connectivity index (χ3n) is 4.79. The largest absolute Gasteiger partial charge is 0.480 e. The van der Waals surface area contributed by atoms with Gasteiger partial charge in [-0.2, -0.15) is 0 Å². The van der Waals surface area contributed by atoms with Crippen LogP contribution in [0.15, 0.2) is 41.4 Å². The van der Waals surface area contributed by atoms with Crippen LogP contribution in [0, 0.1) is 0 Å². The average molecular weight is 563 g/mol. The number of hydrogen-bond acceptors (Lipinski definition) is 5. The van der Waals surface area contributed by atoms with E-state index in [0.717, 1.165) is 5.01 Å². The zero-order chi connectivity index (χ0) is 26.1. The normalized spacial score (nSPS) is 11.5. The SMILES string of the molecule is NC(N)=NCCC[C@@H](C(=O)O)N(NCc1ccc(Cl)c(Cl)c1)C(=O)CC(=O)c1ccc(Cl)c(Cl)c1. The van der Waals surface area contributed by atoms with Gasteiger partial charge in [0.25, 0.3) is 0 Å². The van der Waals surface area contributed by atoms with Gasteiger partial charge < -0.3 is 16.6 Å². The number of nitrogens with one attached hydrogen (secondary N) is 1. The maximum absolute atomic E-state index is 13.1. The number of hydrogen-bond donors (Lipinski definition) is 4. The number of nitrogens with zero attached hydrogens (tertiary/aromatic N) is 2. The van der Waals surface area contributed by atoms with E-state index in [1.54, 1.807) is 18.2 Å². The van der Waals surface area contributed by atoms with Crippen molar-refractivity contribution in [3.05, 3.63) is 67.6 Å². The number of guanidine groups is 1. The first-order valence-corrected chi connectivity index (χ1v) is 11.8. The fourth-order valence-electron chi connectivity index (χ4n) is 3.05. The highest BCUT2D eigenvalue weighted by molar-refractivity contribution is 6.42. The van der Waals surface area contributed by atoms with Crippen molar-refractivity contribution in [2.75, 3.05) is 6.54 Å². The molecular formula is C22H23Cl4N5O4. The van der Waals surface area contributed by atoms with Crippen LogP contribution in [0.2, 0.25) is 20.1 Å². The molecule has 0 bridgehead atoms. The number of amides is 1. The van der Waals surface area contributed by atoms with Gasteiger partial charge in [0, 0.05) is 18.7 Å². The van der Waals surface area contributed by atoms with Crippen LogP contribution in [-0.4, -0.2) is 46.3 Å². The predicted molar refractivity (Wildman–Crippen MR) is 137 cm³/mol. The molecule has 188 valence electrons. The molecule has 6 N–H and O–H groups in total. The molecule has 0 aromatic heterocycles. The van der Waals surface area contributed by atoms with Crippen LogP contribution < -0.4 is 16.9 Å². The lowest BCUT2D eigenvalue weighted by molar-refractivity contribution is -0.153. The summed E-state index contributed by atoms with van der Waals surface area (Å²) in [6.07, 6.45) is -0.314. The number of Topliss-reactive ketones (excluding diaryl/α,β-unsaturated/α-hetero) is 1. The lowest BCUT2D eigenvalue weighted by atomic mass is 10.1. The Bertz CT molecular complexity index is 1130. The van der Waals surface area contributed by atoms with Crippen LogP contribution in [0.4, 0.5) is 0 Å². The number of aliphatic carboxylic acids is 1. The number of rotatable bonds is 12. The van der Waals surface area contributed by atoms with Crippen LogP contribution >= 0.6 is 46.4 Å². The van der Waals surface area contributed by atoms with E-state index in [1.807, 2.05) is 0 Å². The molecule has 0 aliphatic carbocycles. The summed E-state index contributed by atoms with van der Waals surface area (Å²) in [6, 6.07) is 7.73. The summed E-state index contributed by atoms with van der Waals surface area (Å²) in [5, 5.41) is 11.8. The second kappa shape index (κ2) is 13.5. The average Bonchev–Trinajstić information content (AvgIpc) is 2.78. The minimum absolute atomic E-state index is 0.0210. The Hall–Kier alpha value is -2.56. The molecule has 1 amide bonds. The number of nitrogens with two attached hydrogens (primary N) is 2. The van der Waals surface area contributed by atoms with E-state index in [0.29, 0.717) is 15.6 Å². The first kappa shape index (κ1) is 28.7. The Morgan fingerprint density at radius 1 is 0.971 bits per heavy atom. The number of hydrazine groups is 1. The van der Waals surface area contributed by atoms with E-state index in [1.165, 1.54) is 18.2 Å². The summed E-state index contributed by atoms with van der Waals surface area (Å²) in [5.74, 6) is -2.71. The molecule has 0 unspecified atom stereocenters. The Morgan fingerprint density at radius 2 is 1.60 bits per heavy atom. The molecule has 2 rings (SSSR count). The number of aliphatic imine (C=N–C) groups is 1. The second-order valence-electron chi connectivity index (χ2n) is 7.38. The van der Waals surface area contributed by atoms with Gasteiger partial charge in [-0.1, -0.05) is 52.5 Å². The smallest absolute Gasteiger partial charge is 0.328 e. The topological polar surface area (TPSA) is 151 Å². The molecule has 9 nitrogen and oxygen atoms in total. The van der Waals surface area contributed by atoms with E-state index >= 15 is 0 Å². The Kier molecular flexibility index (Phi) is 11.1. The van der Waals surface area contributed by atoms with Crippen molar-refractivity contribution in [3.8, 4) is 0 Å². The molecular weight excluding hydrogens is 540 g/mol. The third kappa shape index (κ3) is 8.87. The number of carbonyl (C=O) groups is 3. The van der Waals surface area contributed by atoms with Crippen molar-refractivity contribution < 1.29 is 19.5 Å². The van der Waals surface area contributed by atoms with Crippen molar-refractivity contribution >= 4 is 70.0 Å². The number of benzene rings is 2. The summed E-state index contributed by atoms with van der Waals surface area (Å²) in [5.41, 5.74) is 14.2. The maximum Gasteiger partial charge on any atom is 0.328 e. The van der Waals surface area contributed by atoms with Gasteiger partial charge >= 0.3 is 5.97 Å². The van der Waals surface area contributed by atoms with Crippen LogP contribution in [0.5, 0.6) is 0 Å². The Balaban J connectivity index is 2.24. The van der Waals surface area contributed by atoms with Crippen molar-refractivity contribution in [2.45, 2.75) is 31.8 Å². The first-order valence-electron chi connectivity index (χ1n) is 10.3. The van der Waals surface area contributed by atoms with E-state index in [2.05, 4.69) is 10.4 Å². The van der Waals surface area contributed by atoms with Gasteiger partial charge in [0.05, 0.1) is 26.5 Å². The van der Waals surface area contributed by atoms with E-state index in [4.69, 9.17) is 57.9 Å². The van der Waals surface area contributed by atoms with Gasteiger partial charge in [-0.25, -0.2) is 10.2 Å². The fourth-order valence-corrected chi connectivity index (χ4v) is 3.67. The monoisotopic (exact) mass is 561 g/mol. The Morgan fingerprint density at radius 3 is 2.17 bits per heavy atom. The molecule has 0 fully saturated rings. The highest BCUT2D eigenvalue weighted by Gasteiger charge is 2.31. The molecule has 13 heteroatoms. The molecule has 2 aromatic rings. The molecule has 35 heavy (non-hydrogen) atoms.